The number of nitrogen functional groups attached to an aromatic ring is 1. The van der Waals surface area contributed by atoms with Crippen LogP contribution in [-0.2, 0) is 13.0 Å². The van der Waals surface area contributed by atoms with Gasteiger partial charge in [-0.05, 0) is 25.0 Å². The van der Waals surface area contributed by atoms with Crippen molar-refractivity contribution in [3.63, 3.8) is 0 Å². The van der Waals surface area contributed by atoms with Gasteiger partial charge < -0.3 is 5.73 Å². The van der Waals surface area contributed by atoms with E-state index in [-0.39, 0.29) is 0 Å². The number of hydrogen-bond donors (Lipinski definition) is 1. The third-order valence-electron chi connectivity index (χ3n) is 2.77. The Morgan fingerprint density at radius 1 is 1.35 bits per heavy atom. The van der Waals surface area contributed by atoms with Crippen molar-refractivity contribution in [3.05, 3.63) is 23.2 Å². The number of aryl methyl sites for hydroxylation is 2. The number of hydrogen-bond acceptors (Lipinski definition) is 3. The van der Waals surface area contributed by atoms with Gasteiger partial charge in [0.1, 0.15) is 5.69 Å². The van der Waals surface area contributed by atoms with Crippen LogP contribution in [0.25, 0.3) is 10.6 Å². The number of nitrogens with zero attached hydrogens (tertiary/aromatic N) is 2. The monoisotopic (exact) mass is 249 g/mol. The molecule has 3 nitrogen and oxygen atoms in total. The van der Waals surface area contributed by atoms with Crippen molar-refractivity contribution in [1.29, 1.82) is 0 Å². The van der Waals surface area contributed by atoms with Crippen LogP contribution in [0.2, 0.25) is 0 Å². The molecule has 0 fully saturated rings. The summed E-state index contributed by atoms with van der Waals surface area (Å²) in [5.74, 6) is 0. The molecule has 0 aliphatic rings. The number of thiophene rings is 1. The fourth-order valence-electron chi connectivity index (χ4n) is 1.76. The van der Waals surface area contributed by atoms with Gasteiger partial charge in [0.05, 0.1) is 10.6 Å². The molecule has 0 unspecified atom stereocenters. The maximum atomic E-state index is 6.02. The molecule has 4 heteroatoms. The summed E-state index contributed by atoms with van der Waals surface area (Å²) >= 11 is 1.78. The molecule has 2 heterocycles. The lowest BCUT2D eigenvalue weighted by Gasteiger charge is -1.97. The summed E-state index contributed by atoms with van der Waals surface area (Å²) in [4.78, 5) is 2.55. The van der Waals surface area contributed by atoms with E-state index in [1.165, 1.54) is 16.2 Å². The smallest absolute Gasteiger partial charge is 0.125 e. The molecule has 0 saturated carbocycles. The summed E-state index contributed by atoms with van der Waals surface area (Å²) in [5.41, 5.74) is 7.74. The van der Waals surface area contributed by atoms with Crippen LogP contribution in [0.3, 0.4) is 0 Å². The van der Waals surface area contributed by atoms with Crippen LogP contribution in [-0.4, -0.2) is 9.78 Å². The van der Waals surface area contributed by atoms with Gasteiger partial charge in [0.15, 0.2) is 0 Å². The Kier molecular flexibility index (Phi) is 3.84. The van der Waals surface area contributed by atoms with Gasteiger partial charge in [0, 0.05) is 17.6 Å². The lowest BCUT2D eigenvalue weighted by molar-refractivity contribution is 0.573. The molecule has 2 N–H and O–H groups in total. The summed E-state index contributed by atoms with van der Waals surface area (Å²) in [7, 11) is 0. The van der Waals surface area contributed by atoms with Crippen molar-refractivity contribution >= 4 is 17.0 Å². The summed E-state index contributed by atoms with van der Waals surface area (Å²) in [5, 5.41) is 4.57. The van der Waals surface area contributed by atoms with Crippen LogP contribution < -0.4 is 5.73 Å². The van der Waals surface area contributed by atoms with Crippen molar-refractivity contribution in [2.24, 2.45) is 0 Å². The SMILES string of the molecule is CCCCn1cc(N)c(-c2ccc(CC)s2)n1. The van der Waals surface area contributed by atoms with Crippen LogP contribution in [0.4, 0.5) is 5.69 Å². The first-order chi connectivity index (χ1) is 8.24. The van der Waals surface area contributed by atoms with Crippen LogP contribution in [0.15, 0.2) is 18.3 Å². The lowest BCUT2D eigenvalue weighted by Crippen LogP contribution is -1.97. The second-order valence-corrected chi connectivity index (χ2v) is 5.34. The highest BCUT2D eigenvalue weighted by Gasteiger charge is 2.10. The van der Waals surface area contributed by atoms with Crippen molar-refractivity contribution in [2.75, 3.05) is 5.73 Å². The summed E-state index contributed by atoms with van der Waals surface area (Å²) in [6.07, 6.45) is 5.33. The first-order valence-corrected chi connectivity index (χ1v) is 6.98. The molecule has 17 heavy (non-hydrogen) atoms. The lowest BCUT2D eigenvalue weighted by atomic mass is 10.3. The quantitative estimate of drug-likeness (QED) is 0.880. The molecule has 0 bridgehead atoms. The highest BCUT2D eigenvalue weighted by molar-refractivity contribution is 7.15. The van der Waals surface area contributed by atoms with Crippen LogP contribution >= 0.6 is 11.3 Å². The second kappa shape index (κ2) is 5.36. The number of rotatable bonds is 5. The van der Waals surface area contributed by atoms with E-state index in [1.807, 2.05) is 10.9 Å². The summed E-state index contributed by atoms with van der Waals surface area (Å²) < 4.78 is 1.96. The second-order valence-electron chi connectivity index (χ2n) is 4.17. The van der Waals surface area contributed by atoms with E-state index in [1.54, 1.807) is 11.3 Å². The molecule has 2 rings (SSSR count). The van der Waals surface area contributed by atoms with Gasteiger partial charge in [0.2, 0.25) is 0 Å². The van der Waals surface area contributed by atoms with Crippen molar-refractivity contribution in [1.82, 2.24) is 9.78 Å². The van der Waals surface area contributed by atoms with E-state index in [2.05, 4.69) is 31.1 Å². The maximum Gasteiger partial charge on any atom is 0.125 e. The summed E-state index contributed by atoms with van der Waals surface area (Å²) in [6, 6.07) is 4.27. The molecular formula is C13H19N3S. The van der Waals surface area contributed by atoms with Gasteiger partial charge in [-0.1, -0.05) is 20.3 Å². The first-order valence-electron chi connectivity index (χ1n) is 6.16. The molecule has 0 aromatic carbocycles. The Morgan fingerprint density at radius 3 is 2.82 bits per heavy atom. The third kappa shape index (κ3) is 2.69. The van der Waals surface area contributed by atoms with E-state index >= 15 is 0 Å². The number of aromatic nitrogens is 2. The van der Waals surface area contributed by atoms with Gasteiger partial charge in [-0.15, -0.1) is 11.3 Å². The Bertz CT molecular complexity index is 485. The Balaban J connectivity index is 2.22. The van der Waals surface area contributed by atoms with Crippen molar-refractivity contribution in [3.8, 4) is 10.6 Å². The average molecular weight is 249 g/mol. The normalized spacial score (nSPS) is 10.9. The fraction of sp³-hybridized carbons (Fsp3) is 0.462. The first kappa shape index (κ1) is 12.2. The van der Waals surface area contributed by atoms with E-state index in [0.29, 0.717) is 0 Å². The Hall–Kier alpha value is -1.29. The predicted molar refractivity (Wildman–Crippen MR) is 74.2 cm³/mol. The molecule has 0 amide bonds. The zero-order valence-electron chi connectivity index (χ0n) is 10.4. The van der Waals surface area contributed by atoms with Gasteiger partial charge in [-0.25, -0.2) is 0 Å². The average Bonchev–Trinajstić information content (AvgIpc) is 2.92. The Morgan fingerprint density at radius 2 is 2.18 bits per heavy atom. The molecule has 0 atom stereocenters. The van der Waals surface area contributed by atoms with Gasteiger partial charge in [0.25, 0.3) is 0 Å². The van der Waals surface area contributed by atoms with E-state index < -0.39 is 0 Å². The minimum absolute atomic E-state index is 0.783. The van der Waals surface area contributed by atoms with Gasteiger partial charge >= 0.3 is 0 Å². The van der Waals surface area contributed by atoms with Crippen molar-refractivity contribution < 1.29 is 0 Å². The molecule has 0 saturated heterocycles. The molecule has 92 valence electrons. The minimum atomic E-state index is 0.783. The fourth-order valence-corrected chi connectivity index (χ4v) is 2.71. The number of nitrogens with two attached hydrogens (primary N) is 1. The molecule has 0 aliphatic carbocycles. The highest BCUT2D eigenvalue weighted by atomic mass is 32.1. The highest BCUT2D eigenvalue weighted by Crippen LogP contribution is 2.31. The van der Waals surface area contributed by atoms with Gasteiger partial charge in [-0.2, -0.15) is 5.10 Å². The maximum absolute atomic E-state index is 6.02. The third-order valence-corrected chi connectivity index (χ3v) is 4.01. The molecule has 0 spiro atoms. The molecule has 0 radical (unpaired) electrons. The summed E-state index contributed by atoms with van der Waals surface area (Å²) in [6.45, 7) is 5.30. The van der Waals surface area contributed by atoms with E-state index in [0.717, 1.165) is 30.8 Å². The zero-order valence-corrected chi connectivity index (χ0v) is 11.3. The van der Waals surface area contributed by atoms with Crippen molar-refractivity contribution in [2.45, 2.75) is 39.7 Å². The number of unbranched alkanes of at least 4 members (excludes halogenated alkanes) is 1. The van der Waals surface area contributed by atoms with Crippen LogP contribution in [0, 0.1) is 0 Å². The predicted octanol–water partition coefficient (Wildman–Crippen LogP) is 3.56. The topological polar surface area (TPSA) is 43.8 Å². The molecule has 0 aliphatic heterocycles. The number of anilines is 1. The van der Waals surface area contributed by atoms with Crippen LogP contribution in [0.1, 0.15) is 31.6 Å². The largest absolute Gasteiger partial charge is 0.396 e. The van der Waals surface area contributed by atoms with E-state index in [4.69, 9.17) is 5.73 Å². The standard InChI is InChI=1S/C13H19N3S/c1-3-5-8-16-9-11(14)13(15-16)12-7-6-10(4-2)17-12/h6-7,9H,3-5,8,14H2,1-2H3. The Labute approximate surface area is 106 Å². The van der Waals surface area contributed by atoms with Gasteiger partial charge in [-0.3, -0.25) is 4.68 Å². The van der Waals surface area contributed by atoms with E-state index in [9.17, 15) is 0 Å². The molecular weight excluding hydrogens is 230 g/mol. The zero-order chi connectivity index (χ0) is 12.3. The molecule has 2 aromatic heterocycles. The molecule has 2 aromatic rings. The minimum Gasteiger partial charge on any atom is -0.396 e. The van der Waals surface area contributed by atoms with Crippen LogP contribution in [0.5, 0.6) is 0 Å².